The third-order valence-corrected chi connectivity index (χ3v) is 5.33. The zero-order valence-electron chi connectivity index (χ0n) is 16.6. The van der Waals surface area contributed by atoms with Crippen molar-refractivity contribution in [3.8, 4) is 28.4 Å². The van der Waals surface area contributed by atoms with E-state index in [1.807, 2.05) is 66.7 Å². The fourth-order valence-electron chi connectivity index (χ4n) is 2.80. The Bertz CT molecular complexity index is 956. The van der Waals surface area contributed by atoms with Gasteiger partial charge in [-0.2, -0.15) is 0 Å². The van der Waals surface area contributed by atoms with Gasteiger partial charge in [-0.1, -0.05) is 12.1 Å². The van der Waals surface area contributed by atoms with Crippen molar-refractivity contribution in [1.29, 1.82) is 0 Å². The zero-order chi connectivity index (χ0) is 20.6. The molecule has 0 saturated carbocycles. The number of anilines is 1. The summed E-state index contributed by atoms with van der Waals surface area (Å²) in [5.74, 6) is 2.56. The van der Waals surface area contributed by atoms with Crippen LogP contribution in [0.5, 0.6) is 17.2 Å². The Morgan fingerprint density at radius 1 is 0.828 bits per heavy atom. The molecule has 0 heterocycles. The zero-order valence-corrected chi connectivity index (χ0v) is 17.4. The normalized spacial score (nSPS) is 10.3. The van der Waals surface area contributed by atoms with Crippen LogP contribution in [-0.4, -0.2) is 33.0 Å². The molecule has 3 aromatic carbocycles. The maximum absolute atomic E-state index is 12.4. The Morgan fingerprint density at radius 2 is 1.45 bits per heavy atom. The van der Waals surface area contributed by atoms with Crippen molar-refractivity contribution in [1.82, 2.24) is 0 Å². The lowest BCUT2D eigenvalue weighted by atomic mass is 10.0. The first-order chi connectivity index (χ1) is 14.1. The van der Waals surface area contributed by atoms with E-state index in [0.29, 0.717) is 5.75 Å². The summed E-state index contributed by atoms with van der Waals surface area (Å²) < 4.78 is 15.8. The highest BCUT2D eigenvalue weighted by Crippen LogP contribution is 2.33. The van der Waals surface area contributed by atoms with Crippen LogP contribution in [0.1, 0.15) is 0 Å². The van der Waals surface area contributed by atoms with E-state index in [0.717, 1.165) is 39.0 Å². The number of ether oxygens (including phenoxy) is 3. The first-order valence-corrected chi connectivity index (χ1v) is 10.0. The molecule has 1 amide bonds. The van der Waals surface area contributed by atoms with Gasteiger partial charge in [0.05, 0.1) is 27.1 Å². The highest BCUT2D eigenvalue weighted by molar-refractivity contribution is 8.00. The number of thioether (sulfide) groups is 1. The van der Waals surface area contributed by atoms with Crippen LogP contribution in [0.4, 0.5) is 5.69 Å². The Balaban J connectivity index is 1.68. The van der Waals surface area contributed by atoms with Crippen molar-refractivity contribution >= 4 is 23.4 Å². The van der Waals surface area contributed by atoms with Crippen molar-refractivity contribution in [2.75, 3.05) is 32.4 Å². The molecular formula is C23H23NO4S. The van der Waals surface area contributed by atoms with Crippen LogP contribution in [0.25, 0.3) is 11.1 Å². The molecule has 0 aliphatic carbocycles. The van der Waals surface area contributed by atoms with Crippen LogP contribution in [0.2, 0.25) is 0 Å². The maximum Gasteiger partial charge on any atom is 0.234 e. The minimum absolute atomic E-state index is 0.0725. The van der Waals surface area contributed by atoms with Crippen molar-refractivity contribution in [3.05, 3.63) is 66.7 Å². The lowest BCUT2D eigenvalue weighted by molar-refractivity contribution is -0.113. The first-order valence-electron chi connectivity index (χ1n) is 9.02. The minimum Gasteiger partial charge on any atom is -0.497 e. The molecule has 6 heteroatoms. The van der Waals surface area contributed by atoms with E-state index in [2.05, 4.69) is 5.32 Å². The van der Waals surface area contributed by atoms with Gasteiger partial charge in [-0.05, 0) is 60.2 Å². The number of nitrogens with one attached hydrogen (secondary N) is 1. The molecule has 3 rings (SSSR count). The molecule has 29 heavy (non-hydrogen) atoms. The number of rotatable bonds is 8. The van der Waals surface area contributed by atoms with Gasteiger partial charge in [0.25, 0.3) is 0 Å². The highest BCUT2D eigenvalue weighted by atomic mass is 32.2. The molecule has 0 aliphatic heterocycles. The Kier molecular flexibility index (Phi) is 7.03. The summed E-state index contributed by atoms with van der Waals surface area (Å²) in [7, 11) is 4.90. The second kappa shape index (κ2) is 9.89. The monoisotopic (exact) mass is 409 g/mol. The Labute approximate surface area is 175 Å². The molecule has 3 aromatic rings. The fourth-order valence-corrected chi connectivity index (χ4v) is 3.50. The molecule has 0 radical (unpaired) electrons. The molecule has 150 valence electrons. The van der Waals surface area contributed by atoms with Crippen molar-refractivity contribution in [3.63, 3.8) is 0 Å². The van der Waals surface area contributed by atoms with Crippen molar-refractivity contribution < 1.29 is 19.0 Å². The summed E-state index contributed by atoms with van der Waals surface area (Å²) in [6.07, 6.45) is 0. The molecule has 0 bridgehead atoms. The molecule has 0 atom stereocenters. The number of methoxy groups -OCH3 is 3. The molecule has 0 spiro atoms. The van der Waals surface area contributed by atoms with E-state index in [-0.39, 0.29) is 5.91 Å². The average molecular weight is 410 g/mol. The van der Waals surface area contributed by atoms with E-state index < -0.39 is 0 Å². The van der Waals surface area contributed by atoms with Crippen LogP contribution in [-0.2, 0) is 4.79 Å². The summed E-state index contributed by atoms with van der Waals surface area (Å²) in [6.45, 7) is 0. The van der Waals surface area contributed by atoms with Gasteiger partial charge < -0.3 is 19.5 Å². The molecule has 0 saturated heterocycles. The van der Waals surface area contributed by atoms with Gasteiger partial charge in [-0.25, -0.2) is 0 Å². The van der Waals surface area contributed by atoms with Gasteiger partial charge in [0, 0.05) is 16.1 Å². The van der Waals surface area contributed by atoms with Crippen LogP contribution in [0, 0.1) is 0 Å². The summed E-state index contributed by atoms with van der Waals surface area (Å²) in [5, 5.41) is 2.95. The van der Waals surface area contributed by atoms with Gasteiger partial charge in [0.2, 0.25) is 5.91 Å². The largest absolute Gasteiger partial charge is 0.497 e. The smallest absolute Gasteiger partial charge is 0.234 e. The van der Waals surface area contributed by atoms with Crippen molar-refractivity contribution in [2.24, 2.45) is 0 Å². The Hall–Kier alpha value is -3.12. The van der Waals surface area contributed by atoms with Crippen molar-refractivity contribution in [2.45, 2.75) is 4.90 Å². The quantitative estimate of drug-likeness (QED) is 0.524. The second-order valence-electron chi connectivity index (χ2n) is 6.16. The maximum atomic E-state index is 12.4. The molecule has 1 N–H and O–H groups in total. The van der Waals surface area contributed by atoms with Crippen LogP contribution in [0.15, 0.2) is 71.6 Å². The topological polar surface area (TPSA) is 56.8 Å². The number of carbonyl (C=O) groups excluding carboxylic acids is 1. The number of amides is 1. The van der Waals surface area contributed by atoms with E-state index in [1.165, 1.54) is 11.8 Å². The molecule has 0 fully saturated rings. The highest BCUT2D eigenvalue weighted by Gasteiger charge is 2.10. The number of hydrogen-bond donors (Lipinski definition) is 1. The summed E-state index contributed by atoms with van der Waals surface area (Å²) in [4.78, 5) is 13.4. The summed E-state index contributed by atoms with van der Waals surface area (Å²) >= 11 is 1.47. The standard InChI is InChI=1S/C23H23NO4S/c1-26-18-7-4-16(5-8-18)21-14-17(6-13-22(21)28-3)24-23(25)15-29-20-11-9-19(27-2)10-12-20/h4-14H,15H2,1-3H3,(H,24,25). The number of hydrogen-bond acceptors (Lipinski definition) is 5. The van der Waals surface area contributed by atoms with Gasteiger partial charge in [-0.15, -0.1) is 11.8 Å². The third kappa shape index (κ3) is 5.45. The molecule has 0 unspecified atom stereocenters. The summed E-state index contributed by atoms with van der Waals surface area (Å²) in [5.41, 5.74) is 2.60. The van der Waals surface area contributed by atoms with Gasteiger partial charge in [-0.3, -0.25) is 4.79 Å². The Morgan fingerprint density at radius 3 is 2.03 bits per heavy atom. The summed E-state index contributed by atoms with van der Waals surface area (Å²) in [6, 6.07) is 20.9. The molecule has 5 nitrogen and oxygen atoms in total. The van der Waals surface area contributed by atoms with E-state index in [9.17, 15) is 4.79 Å². The minimum atomic E-state index is -0.0725. The second-order valence-corrected chi connectivity index (χ2v) is 7.20. The molecular weight excluding hydrogens is 386 g/mol. The lowest BCUT2D eigenvalue weighted by Gasteiger charge is -2.12. The van der Waals surface area contributed by atoms with Gasteiger partial charge in [0.1, 0.15) is 17.2 Å². The van der Waals surface area contributed by atoms with Gasteiger partial charge in [0.15, 0.2) is 0 Å². The van der Waals surface area contributed by atoms with Gasteiger partial charge >= 0.3 is 0 Å². The fraction of sp³-hybridized carbons (Fsp3) is 0.174. The lowest BCUT2D eigenvalue weighted by Crippen LogP contribution is -2.14. The average Bonchev–Trinajstić information content (AvgIpc) is 2.78. The van der Waals surface area contributed by atoms with E-state index >= 15 is 0 Å². The third-order valence-electron chi connectivity index (χ3n) is 4.31. The van der Waals surface area contributed by atoms with Crippen LogP contribution in [0.3, 0.4) is 0 Å². The van der Waals surface area contributed by atoms with E-state index in [1.54, 1.807) is 21.3 Å². The predicted octanol–water partition coefficient (Wildman–Crippen LogP) is 5.11. The van der Waals surface area contributed by atoms with Crippen LogP contribution < -0.4 is 19.5 Å². The molecule has 0 aromatic heterocycles. The number of benzene rings is 3. The SMILES string of the molecule is COc1ccc(SCC(=O)Nc2ccc(OC)c(-c3ccc(OC)cc3)c2)cc1. The van der Waals surface area contributed by atoms with Crippen LogP contribution >= 0.6 is 11.8 Å². The number of carbonyl (C=O) groups is 1. The van der Waals surface area contributed by atoms with E-state index in [4.69, 9.17) is 14.2 Å². The predicted molar refractivity (Wildman–Crippen MR) is 117 cm³/mol. The molecule has 0 aliphatic rings. The first kappa shape index (κ1) is 20.6.